The zero-order valence-electron chi connectivity index (χ0n) is 7.79. The largest absolute Gasteiger partial charge is 0.506 e. The van der Waals surface area contributed by atoms with E-state index < -0.39 is 0 Å². The van der Waals surface area contributed by atoms with Crippen molar-refractivity contribution >= 4 is 5.69 Å². The second kappa shape index (κ2) is 2.31. The summed E-state index contributed by atoms with van der Waals surface area (Å²) in [5.41, 5.74) is 6.88. The van der Waals surface area contributed by atoms with E-state index in [1.54, 1.807) is 12.1 Å². The number of hydrogen-bond donors (Lipinski definition) is 2. The van der Waals surface area contributed by atoms with Gasteiger partial charge in [-0.1, -0.05) is 0 Å². The Morgan fingerprint density at radius 2 is 2.15 bits per heavy atom. The molecular weight excluding hydrogens is 166 g/mol. The van der Waals surface area contributed by atoms with Crippen LogP contribution >= 0.6 is 0 Å². The lowest BCUT2D eigenvalue weighted by atomic mass is 10.0. The maximum Gasteiger partial charge on any atom is 0.142 e. The lowest BCUT2D eigenvalue weighted by Crippen LogP contribution is -2.24. The molecule has 3 nitrogen and oxygen atoms in total. The molecule has 1 aliphatic heterocycles. The average molecular weight is 179 g/mol. The van der Waals surface area contributed by atoms with Crippen LogP contribution < -0.4 is 10.5 Å². The lowest BCUT2D eigenvalue weighted by Gasteiger charge is -2.16. The Balaban J connectivity index is 2.48. The molecule has 3 heteroatoms. The standard InChI is InChI=1S/C10H13NO2/c1-10(2)5-6-3-7(11)8(12)4-9(6)13-10/h3-4,12H,5,11H2,1-2H3. The van der Waals surface area contributed by atoms with E-state index in [-0.39, 0.29) is 11.4 Å². The third kappa shape index (κ3) is 1.30. The molecule has 0 spiro atoms. The quantitative estimate of drug-likeness (QED) is 0.470. The maximum atomic E-state index is 9.35. The fourth-order valence-corrected chi connectivity index (χ4v) is 1.66. The molecule has 2 rings (SSSR count). The van der Waals surface area contributed by atoms with E-state index >= 15 is 0 Å². The second-order valence-corrected chi connectivity index (χ2v) is 4.06. The van der Waals surface area contributed by atoms with Crippen LogP contribution in [0.5, 0.6) is 11.5 Å². The van der Waals surface area contributed by atoms with Gasteiger partial charge in [0, 0.05) is 18.1 Å². The number of ether oxygens (including phenoxy) is 1. The summed E-state index contributed by atoms with van der Waals surface area (Å²) in [7, 11) is 0. The number of phenolic OH excluding ortho intramolecular Hbond substituents is 1. The molecule has 0 atom stereocenters. The minimum atomic E-state index is -0.178. The molecule has 1 aromatic rings. The Hall–Kier alpha value is -1.38. The molecule has 0 radical (unpaired) electrons. The molecule has 1 aromatic carbocycles. The highest BCUT2D eigenvalue weighted by Crippen LogP contribution is 2.39. The summed E-state index contributed by atoms with van der Waals surface area (Å²) in [6.45, 7) is 4.03. The molecular formula is C10H13NO2. The third-order valence-corrected chi connectivity index (χ3v) is 2.21. The number of phenols is 1. The van der Waals surface area contributed by atoms with Crippen molar-refractivity contribution in [1.29, 1.82) is 0 Å². The van der Waals surface area contributed by atoms with Crippen LogP contribution in [0.25, 0.3) is 0 Å². The van der Waals surface area contributed by atoms with Crippen molar-refractivity contribution in [3.63, 3.8) is 0 Å². The van der Waals surface area contributed by atoms with Crippen molar-refractivity contribution in [3.05, 3.63) is 17.7 Å². The van der Waals surface area contributed by atoms with E-state index in [2.05, 4.69) is 0 Å². The molecule has 0 unspecified atom stereocenters. The fourth-order valence-electron chi connectivity index (χ4n) is 1.66. The molecule has 1 heterocycles. The summed E-state index contributed by atoms with van der Waals surface area (Å²) in [5, 5.41) is 9.35. The predicted molar refractivity (Wildman–Crippen MR) is 50.9 cm³/mol. The molecule has 0 fully saturated rings. The van der Waals surface area contributed by atoms with Gasteiger partial charge in [-0.15, -0.1) is 0 Å². The summed E-state index contributed by atoms with van der Waals surface area (Å²) in [6, 6.07) is 3.36. The minimum Gasteiger partial charge on any atom is -0.506 e. The SMILES string of the molecule is CC1(C)Cc2cc(N)c(O)cc2O1. The van der Waals surface area contributed by atoms with Gasteiger partial charge in [0.25, 0.3) is 0 Å². The molecule has 70 valence electrons. The normalized spacial score (nSPS) is 18.0. The molecule has 0 saturated carbocycles. The highest BCUT2D eigenvalue weighted by Gasteiger charge is 2.30. The topological polar surface area (TPSA) is 55.5 Å². The van der Waals surface area contributed by atoms with Crippen LogP contribution in [0, 0.1) is 0 Å². The zero-order valence-corrected chi connectivity index (χ0v) is 7.79. The Morgan fingerprint density at radius 3 is 2.85 bits per heavy atom. The van der Waals surface area contributed by atoms with Gasteiger partial charge in [0.2, 0.25) is 0 Å². The first-order chi connectivity index (χ1) is 5.98. The number of rotatable bonds is 0. The summed E-state index contributed by atoms with van der Waals surface area (Å²) in [6.07, 6.45) is 0.840. The van der Waals surface area contributed by atoms with Gasteiger partial charge in [0.15, 0.2) is 0 Å². The first-order valence-corrected chi connectivity index (χ1v) is 4.28. The second-order valence-electron chi connectivity index (χ2n) is 4.06. The smallest absolute Gasteiger partial charge is 0.142 e. The molecule has 0 aromatic heterocycles. The Bertz CT molecular complexity index is 325. The van der Waals surface area contributed by atoms with Gasteiger partial charge in [-0.3, -0.25) is 0 Å². The van der Waals surface area contributed by atoms with E-state index in [1.165, 1.54) is 0 Å². The Morgan fingerprint density at radius 1 is 1.46 bits per heavy atom. The monoisotopic (exact) mass is 179 g/mol. The zero-order chi connectivity index (χ0) is 9.64. The summed E-state index contributed by atoms with van der Waals surface area (Å²) < 4.78 is 5.61. The predicted octanol–water partition coefficient (Wildman–Crippen LogP) is 1.69. The maximum absolute atomic E-state index is 9.35. The van der Waals surface area contributed by atoms with E-state index in [4.69, 9.17) is 10.5 Å². The van der Waals surface area contributed by atoms with Crippen molar-refractivity contribution in [2.75, 3.05) is 5.73 Å². The van der Waals surface area contributed by atoms with Gasteiger partial charge in [-0.25, -0.2) is 0 Å². The Labute approximate surface area is 77.1 Å². The summed E-state index contributed by atoms with van der Waals surface area (Å²) in [5.74, 6) is 0.841. The molecule has 0 aliphatic carbocycles. The number of aromatic hydroxyl groups is 1. The van der Waals surface area contributed by atoms with Gasteiger partial charge in [-0.05, 0) is 19.9 Å². The van der Waals surface area contributed by atoms with Gasteiger partial charge < -0.3 is 15.6 Å². The Kier molecular flexibility index (Phi) is 1.46. The number of anilines is 1. The van der Waals surface area contributed by atoms with E-state index in [9.17, 15) is 5.11 Å². The third-order valence-electron chi connectivity index (χ3n) is 2.21. The number of hydrogen-bond acceptors (Lipinski definition) is 3. The molecule has 1 aliphatic rings. The van der Waals surface area contributed by atoms with E-state index in [0.29, 0.717) is 5.69 Å². The molecule has 3 N–H and O–H groups in total. The van der Waals surface area contributed by atoms with Crippen LogP contribution in [0.4, 0.5) is 5.69 Å². The number of benzene rings is 1. The molecule has 13 heavy (non-hydrogen) atoms. The van der Waals surface area contributed by atoms with Crippen molar-refractivity contribution in [2.45, 2.75) is 25.9 Å². The van der Waals surface area contributed by atoms with Crippen molar-refractivity contribution in [2.24, 2.45) is 0 Å². The van der Waals surface area contributed by atoms with E-state index in [1.807, 2.05) is 13.8 Å². The lowest BCUT2D eigenvalue weighted by molar-refractivity contribution is 0.138. The summed E-state index contributed by atoms with van der Waals surface area (Å²) in [4.78, 5) is 0. The van der Waals surface area contributed by atoms with Crippen LogP contribution in [-0.4, -0.2) is 10.7 Å². The van der Waals surface area contributed by atoms with Crippen molar-refractivity contribution in [1.82, 2.24) is 0 Å². The van der Waals surface area contributed by atoms with Gasteiger partial charge in [-0.2, -0.15) is 0 Å². The van der Waals surface area contributed by atoms with Crippen LogP contribution in [0.15, 0.2) is 12.1 Å². The van der Waals surface area contributed by atoms with Gasteiger partial charge in [0.1, 0.15) is 17.1 Å². The number of fused-ring (bicyclic) bond motifs is 1. The van der Waals surface area contributed by atoms with Crippen LogP contribution in [0.2, 0.25) is 0 Å². The van der Waals surface area contributed by atoms with Crippen molar-refractivity contribution in [3.8, 4) is 11.5 Å². The first-order valence-electron chi connectivity index (χ1n) is 4.28. The molecule has 0 amide bonds. The molecule has 0 bridgehead atoms. The molecule has 0 saturated heterocycles. The minimum absolute atomic E-state index is 0.0939. The number of nitrogen functional groups attached to an aromatic ring is 1. The highest BCUT2D eigenvalue weighted by molar-refractivity contribution is 5.59. The fraction of sp³-hybridized carbons (Fsp3) is 0.400. The van der Waals surface area contributed by atoms with Gasteiger partial charge in [0.05, 0.1) is 5.69 Å². The van der Waals surface area contributed by atoms with Crippen LogP contribution in [0.3, 0.4) is 0 Å². The first kappa shape index (κ1) is 8.23. The van der Waals surface area contributed by atoms with Crippen LogP contribution in [-0.2, 0) is 6.42 Å². The van der Waals surface area contributed by atoms with Gasteiger partial charge >= 0.3 is 0 Å². The number of nitrogens with two attached hydrogens (primary N) is 1. The van der Waals surface area contributed by atoms with E-state index in [0.717, 1.165) is 17.7 Å². The van der Waals surface area contributed by atoms with Crippen LogP contribution in [0.1, 0.15) is 19.4 Å². The highest BCUT2D eigenvalue weighted by atomic mass is 16.5. The average Bonchev–Trinajstić information content (AvgIpc) is 2.24. The summed E-state index contributed by atoms with van der Waals surface area (Å²) >= 11 is 0. The van der Waals surface area contributed by atoms with Crippen molar-refractivity contribution < 1.29 is 9.84 Å².